The molecule has 0 radical (unpaired) electrons. The number of nitrogens with zero attached hydrogens (tertiary/aromatic N) is 3. The average molecular weight is 258 g/mol. The second kappa shape index (κ2) is 5.87. The number of hydrogen-bond acceptors (Lipinski definition) is 3. The van der Waals surface area contributed by atoms with Gasteiger partial charge in [0.2, 0.25) is 0 Å². The van der Waals surface area contributed by atoms with Gasteiger partial charge in [-0.1, -0.05) is 20.3 Å². The van der Waals surface area contributed by atoms with Gasteiger partial charge < -0.3 is 5.32 Å². The van der Waals surface area contributed by atoms with Crippen molar-refractivity contribution in [1.29, 1.82) is 0 Å². The smallest absolute Gasteiger partial charge is 0.138 e. The van der Waals surface area contributed by atoms with Gasteiger partial charge >= 0.3 is 0 Å². The first-order chi connectivity index (χ1) is 9.11. The molecule has 4 heteroatoms. The molecule has 2 aromatic heterocycles. The Kier molecular flexibility index (Phi) is 4.20. The van der Waals surface area contributed by atoms with E-state index in [1.807, 2.05) is 30.0 Å². The maximum Gasteiger partial charge on any atom is 0.138 e. The van der Waals surface area contributed by atoms with Crippen LogP contribution < -0.4 is 5.32 Å². The van der Waals surface area contributed by atoms with Crippen LogP contribution in [-0.4, -0.2) is 20.6 Å². The van der Waals surface area contributed by atoms with E-state index in [4.69, 9.17) is 0 Å². The molecule has 2 atom stereocenters. The summed E-state index contributed by atoms with van der Waals surface area (Å²) < 4.78 is 1.97. The molecule has 0 saturated carbocycles. The Morgan fingerprint density at radius 1 is 1.26 bits per heavy atom. The Morgan fingerprint density at radius 2 is 2.05 bits per heavy atom. The predicted octanol–water partition coefficient (Wildman–Crippen LogP) is 3.42. The molecule has 4 nitrogen and oxygen atoms in total. The Morgan fingerprint density at radius 3 is 2.58 bits per heavy atom. The largest absolute Gasteiger partial charge is 0.381 e. The second-order valence-electron chi connectivity index (χ2n) is 5.07. The SMILES string of the molecule is CCC(C)C(C)Nc1ccc(-n2ccnc2C)nc1. The molecular formula is C15H22N4. The lowest BCUT2D eigenvalue weighted by atomic mass is 10.0. The van der Waals surface area contributed by atoms with E-state index in [1.165, 1.54) is 6.42 Å². The van der Waals surface area contributed by atoms with E-state index in [1.54, 1.807) is 6.20 Å². The maximum atomic E-state index is 4.48. The molecule has 0 saturated heterocycles. The number of imidazole rings is 1. The zero-order valence-electron chi connectivity index (χ0n) is 12.1. The molecule has 1 N–H and O–H groups in total. The van der Waals surface area contributed by atoms with Gasteiger partial charge in [-0.15, -0.1) is 0 Å². The maximum absolute atomic E-state index is 4.48. The van der Waals surface area contributed by atoms with Crippen molar-refractivity contribution in [3.8, 4) is 5.82 Å². The average Bonchev–Trinajstić information content (AvgIpc) is 2.85. The molecule has 0 aliphatic heterocycles. The normalized spacial score (nSPS) is 14.1. The molecule has 0 spiro atoms. The van der Waals surface area contributed by atoms with Crippen molar-refractivity contribution in [3.63, 3.8) is 0 Å². The first-order valence-corrected chi connectivity index (χ1v) is 6.84. The summed E-state index contributed by atoms with van der Waals surface area (Å²) in [5.41, 5.74) is 1.06. The van der Waals surface area contributed by atoms with Gasteiger partial charge in [0.1, 0.15) is 11.6 Å². The molecule has 2 heterocycles. The first-order valence-electron chi connectivity index (χ1n) is 6.84. The lowest BCUT2D eigenvalue weighted by Gasteiger charge is -2.21. The molecule has 0 aliphatic carbocycles. The van der Waals surface area contributed by atoms with Crippen LogP contribution in [0.1, 0.15) is 33.0 Å². The fourth-order valence-corrected chi connectivity index (χ4v) is 1.99. The number of aromatic nitrogens is 3. The minimum atomic E-state index is 0.452. The standard InChI is InChI=1S/C15H22N4/c1-5-11(2)12(3)18-14-6-7-15(17-10-14)19-9-8-16-13(19)4/h6-12,18H,5H2,1-4H3. The zero-order chi connectivity index (χ0) is 13.8. The monoisotopic (exact) mass is 258 g/mol. The molecular weight excluding hydrogens is 236 g/mol. The van der Waals surface area contributed by atoms with Gasteiger partial charge in [0.15, 0.2) is 0 Å². The van der Waals surface area contributed by atoms with Crippen molar-refractivity contribution in [2.75, 3.05) is 5.32 Å². The highest BCUT2D eigenvalue weighted by molar-refractivity contribution is 5.44. The van der Waals surface area contributed by atoms with Gasteiger partial charge in [0.05, 0.1) is 11.9 Å². The second-order valence-corrected chi connectivity index (χ2v) is 5.07. The lowest BCUT2D eigenvalue weighted by Crippen LogP contribution is -2.23. The van der Waals surface area contributed by atoms with Gasteiger partial charge in [-0.3, -0.25) is 4.57 Å². The highest BCUT2D eigenvalue weighted by Crippen LogP contribution is 2.16. The van der Waals surface area contributed by atoms with Crippen LogP contribution in [0.5, 0.6) is 0 Å². The highest BCUT2D eigenvalue weighted by atomic mass is 15.1. The summed E-state index contributed by atoms with van der Waals surface area (Å²) in [6.07, 6.45) is 6.77. The number of pyridine rings is 1. The van der Waals surface area contributed by atoms with Crippen LogP contribution in [-0.2, 0) is 0 Å². The van der Waals surface area contributed by atoms with Gasteiger partial charge in [0.25, 0.3) is 0 Å². The molecule has 2 aromatic rings. The summed E-state index contributed by atoms with van der Waals surface area (Å²) in [5.74, 6) is 2.49. The number of hydrogen-bond donors (Lipinski definition) is 1. The Balaban J connectivity index is 2.09. The van der Waals surface area contributed by atoms with Crippen molar-refractivity contribution in [1.82, 2.24) is 14.5 Å². The van der Waals surface area contributed by atoms with Gasteiger partial charge in [-0.2, -0.15) is 0 Å². The van der Waals surface area contributed by atoms with E-state index in [0.717, 1.165) is 17.3 Å². The number of aryl methyl sites for hydroxylation is 1. The molecule has 0 aromatic carbocycles. The number of anilines is 1. The highest BCUT2D eigenvalue weighted by Gasteiger charge is 2.10. The van der Waals surface area contributed by atoms with Crippen molar-refractivity contribution >= 4 is 5.69 Å². The Labute approximate surface area is 114 Å². The van der Waals surface area contributed by atoms with Gasteiger partial charge in [-0.05, 0) is 31.9 Å². The molecule has 2 unspecified atom stereocenters. The Bertz CT molecular complexity index is 515. The van der Waals surface area contributed by atoms with Gasteiger partial charge in [0, 0.05) is 18.4 Å². The van der Waals surface area contributed by atoms with Crippen LogP contribution in [0.15, 0.2) is 30.7 Å². The summed E-state index contributed by atoms with van der Waals surface area (Å²) in [5, 5.41) is 3.49. The van der Waals surface area contributed by atoms with Gasteiger partial charge in [-0.25, -0.2) is 9.97 Å². The minimum absolute atomic E-state index is 0.452. The van der Waals surface area contributed by atoms with Crippen molar-refractivity contribution in [3.05, 3.63) is 36.5 Å². The topological polar surface area (TPSA) is 42.7 Å². The van der Waals surface area contributed by atoms with E-state index in [0.29, 0.717) is 12.0 Å². The summed E-state index contributed by atoms with van der Waals surface area (Å²) in [6, 6.07) is 4.54. The Hall–Kier alpha value is -1.84. The van der Waals surface area contributed by atoms with Crippen LogP contribution in [0.25, 0.3) is 5.82 Å². The van der Waals surface area contributed by atoms with Crippen LogP contribution in [0.3, 0.4) is 0 Å². The third-order valence-corrected chi connectivity index (χ3v) is 3.71. The van der Waals surface area contributed by atoms with E-state index in [-0.39, 0.29) is 0 Å². The molecule has 0 aliphatic rings. The summed E-state index contributed by atoms with van der Waals surface area (Å²) in [6.45, 7) is 8.65. The van der Waals surface area contributed by atoms with E-state index in [9.17, 15) is 0 Å². The molecule has 0 bridgehead atoms. The van der Waals surface area contributed by atoms with Crippen LogP contribution in [0, 0.1) is 12.8 Å². The predicted molar refractivity (Wildman–Crippen MR) is 78.6 cm³/mol. The lowest BCUT2D eigenvalue weighted by molar-refractivity contribution is 0.494. The summed E-state index contributed by atoms with van der Waals surface area (Å²) in [7, 11) is 0. The van der Waals surface area contributed by atoms with Crippen LogP contribution in [0.4, 0.5) is 5.69 Å². The molecule has 19 heavy (non-hydrogen) atoms. The summed E-state index contributed by atoms with van der Waals surface area (Å²) in [4.78, 5) is 8.69. The minimum Gasteiger partial charge on any atom is -0.381 e. The number of rotatable bonds is 5. The fraction of sp³-hybridized carbons (Fsp3) is 0.467. The van der Waals surface area contributed by atoms with Crippen molar-refractivity contribution in [2.45, 2.75) is 40.2 Å². The molecule has 102 valence electrons. The van der Waals surface area contributed by atoms with Crippen LogP contribution in [0.2, 0.25) is 0 Å². The first kappa shape index (κ1) is 13.6. The van der Waals surface area contributed by atoms with E-state index >= 15 is 0 Å². The third kappa shape index (κ3) is 3.13. The number of nitrogens with one attached hydrogen (secondary N) is 1. The van der Waals surface area contributed by atoms with Crippen molar-refractivity contribution < 1.29 is 0 Å². The van der Waals surface area contributed by atoms with E-state index < -0.39 is 0 Å². The quantitative estimate of drug-likeness (QED) is 0.893. The van der Waals surface area contributed by atoms with Crippen molar-refractivity contribution in [2.24, 2.45) is 5.92 Å². The third-order valence-electron chi connectivity index (χ3n) is 3.71. The van der Waals surface area contributed by atoms with Crippen LogP contribution >= 0.6 is 0 Å². The summed E-state index contributed by atoms with van der Waals surface area (Å²) >= 11 is 0. The zero-order valence-corrected chi connectivity index (χ0v) is 12.1. The van der Waals surface area contributed by atoms with E-state index in [2.05, 4.69) is 42.1 Å². The molecule has 2 rings (SSSR count). The molecule has 0 fully saturated rings. The molecule has 0 amide bonds. The fourth-order valence-electron chi connectivity index (χ4n) is 1.99.